The van der Waals surface area contributed by atoms with Gasteiger partial charge >= 0.3 is 5.97 Å². The topological polar surface area (TPSA) is 71.1 Å². The summed E-state index contributed by atoms with van der Waals surface area (Å²) in [4.78, 5) is 26.2. The molecule has 0 aliphatic carbocycles. The molecule has 0 aliphatic heterocycles. The zero-order chi connectivity index (χ0) is 43.3. The number of carbonyl (C=O) groups is 2. The number of thiocarbonyl (C=S) groups is 1. The molecule has 0 atom stereocenters. The number of hydrogen-bond acceptors (Lipinski definition) is 7. The number of esters is 1. The van der Waals surface area contributed by atoms with Gasteiger partial charge < -0.3 is 29.4 Å². The van der Waals surface area contributed by atoms with Crippen LogP contribution in [0.2, 0.25) is 0 Å². The zero-order valence-electron chi connectivity index (χ0n) is 39.0. The van der Waals surface area contributed by atoms with E-state index in [4.69, 9.17) is 21.7 Å². The monoisotopic (exact) mass is 834 g/mol. The van der Waals surface area contributed by atoms with E-state index in [-0.39, 0.29) is 5.97 Å². The van der Waals surface area contributed by atoms with E-state index < -0.39 is 0 Å². The van der Waals surface area contributed by atoms with E-state index in [1.807, 2.05) is 7.05 Å². The Morgan fingerprint density at radius 3 is 1.45 bits per heavy atom. The molecule has 0 fully saturated rings. The average molecular weight is 834 g/mol. The lowest BCUT2D eigenvalue weighted by atomic mass is 10.1. The van der Waals surface area contributed by atoms with Crippen molar-refractivity contribution in [3.63, 3.8) is 0 Å². The van der Waals surface area contributed by atoms with Crippen molar-refractivity contribution in [1.82, 2.24) is 15.1 Å². The van der Waals surface area contributed by atoms with Crippen molar-refractivity contribution in [2.24, 2.45) is 0 Å². The van der Waals surface area contributed by atoms with Crippen LogP contribution in [0.15, 0.2) is 48.6 Å². The summed E-state index contributed by atoms with van der Waals surface area (Å²) < 4.78 is 10.4. The fourth-order valence-corrected chi connectivity index (χ4v) is 6.06. The molecule has 0 saturated carbocycles. The van der Waals surface area contributed by atoms with Gasteiger partial charge in [-0.25, -0.2) is 0 Å². The number of allylic oxidation sites excluding steroid dienone is 8. The number of methoxy groups -OCH3 is 1. The van der Waals surface area contributed by atoms with E-state index >= 15 is 0 Å². The molecule has 8 heteroatoms. The molecule has 1 N–H and O–H groups in total. The van der Waals surface area contributed by atoms with Gasteiger partial charge in [0.2, 0.25) is 0 Å². The van der Waals surface area contributed by atoms with Gasteiger partial charge in [-0.15, -0.1) is 0 Å². The van der Waals surface area contributed by atoms with Crippen LogP contribution in [0.25, 0.3) is 0 Å². The summed E-state index contributed by atoms with van der Waals surface area (Å²) in [6.45, 7) is 9.72. The Morgan fingerprint density at radius 2 is 1.02 bits per heavy atom. The fraction of sp³-hybridized carbons (Fsp3) is 0.780. The minimum atomic E-state index is -0.0704. The highest BCUT2D eigenvalue weighted by Crippen LogP contribution is 2.10. The van der Waals surface area contributed by atoms with Crippen LogP contribution in [0.4, 0.5) is 0 Å². The van der Waals surface area contributed by atoms with Gasteiger partial charge in [0.15, 0.2) is 0 Å². The van der Waals surface area contributed by atoms with Crippen molar-refractivity contribution >= 4 is 30.0 Å². The Hall–Kier alpha value is -2.13. The normalized spacial score (nSPS) is 11.4. The Morgan fingerprint density at radius 1 is 0.569 bits per heavy atom. The summed E-state index contributed by atoms with van der Waals surface area (Å²) in [5, 5.41) is 3.10. The summed E-state index contributed by atoms with van der Waals surface area (Å²) in [6, 6.07) is 0. The lowest BCUT2D eigenvalue weighted by molar-refractivity contribution is -0.143. The van der Waals surface area contributed by atoms with E-state index in [0.29, 0.717) is 13.0 Å². The maximum atomic E-state index is 11.8. The molecule has 7 nitrogen and oxygen atoms in total. The molecule has 58 heavy (non-hydrogen) atoms. The molecule has 0 aromatic heterocycles. The van der Waals surface area contributed by atoms with Crippen molar-refractivity contribution in [1.29, 1.82) is 0 Å². The lowest BCUT2D eigenvalue weighted by Crippen LogP contribution is -2.25. The molecule has 0 aromatic carbocycles. The van der Waals surface area contributed by atoms with Crippen LogP contribution in [0.1, 0.15) is 187 Å². The molecule has 0 rings (SSSR count). The predicted molar refractivity (Wildman–Crippen MR) is 259 cm³/mol. The van der Waals surface area contributed by atoms with Gasteiger partial charge in [0.1, 0.15) is 6.29 Å². The van der Waals surface area contributed by atoms with Gasteiger partial charge in [-0.1, -0.05) is 139 Å². The Balaban J connectivity index is -0.000000942. The second-order valence-electron chi connectivity index (χ2n) is 15.5. The van der Waals surface area contributed by atoms with Gasteiger partial charge in [-0.2, -0.15) is 0 Å². The molecule has 0 aromatic rings. The van der Waals surface area contributed by atoms with E-state index in [1.54, 1.807) is 12.6 Å². The minimum Gasteiger partial charge on any atom is -0.466 e. The smallest absolute Gasteiger partial charge is 0.305 e. The first-order chi connectivity index (χ1) is 28.4. The third kappa shape index (κ3) is 60.5. The van der Waals surface area contributed by atoms with Crippen LogP contribution in [-0.2, 0) is 19.1 Å². The molecule has 0 amide bonds. The number of carbonyl (C=O) groups excluding carboxylic acids is 2. The molecule has 0 unspecified atom stereocenters. The van der Waals surface area contributed by atoms with E-state index in [2.05, 4.69) is 91.7 Å². The number of hydrogen-bond donors (Lipinski definition) is 1. The van der Waals surface area contributed by atoms with Gasteiger partial charge in [0.25, 0.3) is 0 Å². The van der Waals surface area contributed by atoms with Crippen LogP contribution in [0.5, 0.6) is 0 Å². The van der Waals surface area contributed by atoms with Crippen LogP contribution < -0.4 is 5.32 Å². The standard InChI is InChI=1S/C26H47NO3S.C18H32O.C6H16N2/c1-3-4-5-6-7-8-9-10-11-12-13-14-15-16-17-20-26(28)30-24-19-22-27(25-31)21-18-23-29-2;1-2-3-4-5-6-7-8-9-10-11-12-13-14-15-16-17-18-19;1-7-5-4-6-8(2)3/h7-8,10-11,25H,3-6,9,12-24H2,1-2H3;6-7,9-10,18H,2-5,8,11-17H2,1H3;7H,4-6H2,1-3H3/b8-7-,11-10-;7-6-,10-9-;. The number of unbranched alkanes of at least 4 members (excludes halogenated alkanes) is 17. The summed E-state index contributed by atoms with van der Waals surface area (Å²) >= 11 is 5.02. The zero-order valence-corrected chi connectivity index (χ0v) is 39.9. The Labute approximate surface area is 366 Å². The first kappa shape index (κ1) is 60.2. The average Bonchev–Trinajstić information content (AvgIpc) is 3.22. The molecular formula is C50H95N3O4S. The molecule has 0 aliphatic rings. The van der Waals surface area contributed by atoms with Crippen molar-refractivity contribution in [2.45, 2.75) is 187 Å². The Kier molecular flexibility index (Phi) is 59.1. The van der Waals surface area contributed by atoms with Gasteiger partial charge in [-0.05, 0) is 131 Å². The summed E-state index contributed by atoms with van der Waals surface area (Å²) in [5.74, 6) is -0.0704. The van der Waals surface area contributed by atoms with Crippen molar-refractivity contribution in [2.75, 3.05) is 67.6 Å². The van der Waals surface area contributed by atoms with Gasteiger partial charge in [0, 0.05) is 39.6 Å². The van der Waals surface area contributed by atoms with E-state index in [1.165, 1.54) is 116 Å². The maximum Gasteiger partial charge on any atom is 0.305 e. The van der Waals surface area contributed by atoms with Gasteiger partial charge in [-0.3, -0.25) is 4.79 Å². The molecular weight excluding hydrogens is 739 g/mol. The van der Waals surface area contributed by atoms with Crippen LogP contribution >= 0.6 is 12.2 Å². The first-order valence-electron chi connectivity index (χ1n) is 23.6. The first-order valence-corrected chi connectivity index (χ1v) is 24.1. The maximum absolute atomic E-state index is 11.8. The quantitative estimate of drug-likeness (QED) is 0.0215. The molecule has 340 valence electrons. The van der Waals surface area contributed by atoms with E-state index in [0.717, 1.165) is 90.3 Å². The molecule has 0 radical (unpaired) electrons. The summed E-state index contributed by atoms with van der Waals surface area (Å²) in [7, 11) is 7.87. The number of nitrogens with one attached hydrogen (secondary N) is 1. The number of aldehydes is 1. The van der Waals surface area contributed by atoms with Crippen molar-refractivity contribution in [3.05, 3.63) is 48.6 Å². The Bertz CT molecular complexity index is 938. The molecule has 0 spiro atoms. The largest absolute Gasteiger partial charge is 0.466 e. The third-order valence-corrected chi connectivity index (χ3v) is 9.73. The predicted octanol–water partition coefficient (Wildman–Crippen LogP) is 13.2. The number of ether oxygens (including phenoxy) is 2. The molecule has 0 bridgehead atoms. The number of nitrogens with zero attached hydrogens (tertiary/aromatic N) is 2. The van der Waals surface area contributed by atoms with Crippen molar-refractivity contribution in [3.8, 4) is 0 Å². The fourth-order valence-electron chi connectivity index (χ4n) is 5.85. The molecule has 0 saturated heterocycles. The van der Waals surface area contributed by atoms with E-state index in [9.17, 15) is 9.59 Å². The summed E-state index contributed by atoms with van der Waals surface area (Å²) in [5.41, 5.74) is 1.68. The van der Waals surface area contributed by atoms with Gasteiger partial charge in [0.05, 0.1) is 12.1 Å². The summed E-state index contributed by atoms with van der Waals surface area (Å²) in [6.07, 6.45) is 50.4. The van der Waals surface area contributed by atoms with Crippen LogP contribution in [-0.4, -0.2) is 95.2 Å². The SMILES string of the molecule is CCCCC/C=C\C/C=C\CCCCCCCC(=O)OCCCN(C=S)CCCOC.CCCCC/C=C\C/C=C\CCCCCCCC=O.CNCCCN(C)C. The highest BCUT2D eigenvalue weighted by Gasteiger charge is 2.04. The number of rotatable bonds is 41. The second-order valence-corrected chi connectivity index (χ2v) is 15.7. The highest BCUT2D eigenvalue weighted by atomic mass is 32.1. The second kappa shape index (κ2) is 57.0. The van der Waals surface area contributed by atoms with Crippen LogP contribution in [0, 0.1) is 0 Å². The highest BCUT2D eigenvalue weighted by molar-refractivity contribution is 7.78. The van der Waals surface area contributed by atoms with Crippen molar-refractivity contribution < 1.29 is 19.1 Å². The minimum absolute atomic E-state index is 0.0704. The molecule has 0 heterocycles. The van der Waals surface area contributed by atoms with Crippen LogP contribution in [0.3, 0.4) is 0 Å². The third-order valence-electron chi connectivity index (χ3n) is 9.43. The lowest BCUT2D eigenvalue weighted by Gasteiger charge is -2.18.